The van der Waals surface area contributed by atoms with Crippen molar-refractivity contribution in [1.29, 1.82) is 5.26 Å². The van der Waals surface area contributed by atoms with Gasteiger partial charge >= 0.3 is 6.03 Å². The molecule has 1 saturated heterocycles. The van der Waals surface area contributed by atoms with E-state index in [-0.39, 0.29) is 0 Å². The molecule has 8 heteroatoms. The van der Waals surface area contributed by atoms with Crippen molar-refractivity contribution in [3.8, 4) is 6.07 Å². The van der Waals surface area contributed by atoms with Crippen LogP contribution in [-0.2, 0) is 15.1 Å². The normalized spacial score (nSPS) is 18.7. The molecule has 0 aliphatic carbocycles. The van der Waals surface area contributed by atoms with Gasteiger partial charge in [0.2, 0.25) is 5.91 Å². The number of benzene rings is 1. The Morgan fingerprint density at radius 1 is 1.29 bits per heavy atom. The lowest BCUT2D eigenvalue weighted by molar-refractivity contribution is -0.134. The highest BCUT2D eigenvalue weighted by Crippen LogP contribution is 2.33. The summed E-state index contributed by atoms with van der Waals surface area (Å²) in [6, 6.07) is 10.5. The molecule has 4 amide bonds. The van der Waals surface area contributed by atoms with Crippen LogP contribution in [0.1, 0.15) is 34.9 Å². The zero-order chi connectivity index (χ0) is 20.5. The molecule has 28 heavy (non-hydrogen) atoms. The molecule has 2 aromatic rings. The number of nitrogens with one attached hydrogen (secondary N) is 2. The summed E-state index contributed by atoms with van der Waals surface area (Å²) in [6.07, 6.45) is 0.363. The van der Waals surface area contributed by atoms with Crippen LogP contribution in [0.15, 0.2) is 30.3 Å². The highest BCUT2D eigenvalue weighted by molar-refractivity contribution is 7.16. The number of imide groups is 1. The Bertz CT molecular complexity index is 993. The van der Waals surface area contributed by atoms with Crippen LogP contribution in [0.5, 0.6) is 0 Å². The van der Waals surface area contributed by atoms with Gasteiger partial charge < -0.3 is 10.6 Å². The van der Waals surface area contributed by atoms with Gasteiger partial charge in [-0.15, -0.1) is 11.3 Å². The van der Waals surface area contributed by atoms with E-state index in [1.807, 2.05) is 26.8 Å². The van der Waals surface area contributed by atoms with E-state index in [0.29, 0.717) is 22.5 Å². The first-order valence-electron chi connectivity index (χ1n) is 8.83. The van der Waals surface area contributed by atoms with Crippen molar-refractivity contribution in [2.24, 2.45) is 0 Å². The van der Waals surface area contributed by atoms with Crippen LogP contribution >= 0.6 is 11.3 Å². The van der Waals surface area contributed by atoms with Crippen LogP contribution in [0.3, 0.4) is 0 Å². The van der Waals surface area contributed by atoms with Crippen molar-refractivity contribution in [1.82, 2.24) is 10.2 Å². The summed E-state index contributed by atoms with van der Waals surface area (Å²) < 4.78 is 0. The fourth-order valence-corrected chi connectivity index (χ4v) is 4.32. The van der Waals surface area contributed by atoms with Crippen molar-refractivity contribution >= 4 is 34.2 Å². The Morgan fingerprint density at radius 3 is 2.57 bits per heavy atom. The monoisotopic (exact) mass is 396 g/mol. The third kappa shape index (κ3) is 3.14. The van der Waals surface area contributed by atoms with Crippen LogP contribution in [0.25, 0.3) is 0 Å². The Labute approximate surface area is 167 Å². The number of aryl methyl sites for hydroxylation is 1. The quantitative estimate of drug-likeness (QED) is 0.758. The van der Waals surface area contributed by atoms with Gasteiger partial charge in [-0.1, -0.05) is 37.3 Å². The maximum atomic E-state index is 13.1. The molecule has 1 aromatic heterocycles. The first-order valence-corrected chi connectivity index (χ1v) is 9.65. The molecule has 2 heterocycles. The molecule has 1 aliphatic rings. The van der Waals surface area contributed by atoms with Gasteiger partial charge in [-0.2, -0.15) is 5.26 Å². The van der Waals surface area contributed by atoms with Crippen LogP contribution in [0.4, 0.5) is 9.80 Å². The molecule has 1 atom stereocenters. The van der Waals surface area contributed by atoms with Gasteiger partial charge in [-0.25, -0.2) is 4.79 Å². The summed E-state index contributed by atoms with van der Waals surface area (Å²) in [4.78, 5) is 39.9. The van der Waals surface area contributed by atoms with E-state index in [2.05, 4.69) is 16.7 Å². The molecule has 0 spiro atoms. The van der Waals surface area contributed by atoms with E-state index >= 15 is 0 Å². The number of carbonyl (C=O) groups excluding carboxylic acids is 3. The Morgan fingerprint density at radius 2 is 1.96 bits per heavy atom. The second-order valence-electron chi connectivity index (χ2n) is 6.59. The van der Waals surface area contributed by atoms with E-state index in [4.69, 9.17) is 0 Å². The molecule has 1 fully saturated rings. The highest BCUT2D eigenvalue weighted by atomic mass is 32.1. The largest absolute Gasteiger partial charge is 0.325 e. The molecule has 3 rings (SSSR count). The second kappa shape index (κ2) is 7.44. The van der Waals surface area contributed by atoms with Crippen molar-refractivity contribution in [2.45, 2.75) is 32.7 Å². The average molecular weight is 396 g/mol. The smallest absolute Gasteiger partial charge is 0.319 e. The fraction of sp³-hybridized carbons (Fsp3) is 0.300. The number of carbonyl (C=O) groups is 3. The first-order chi connectivity index (χ1) is 13.3. The molecule has 1 aromatic carbocycles. The van der Waals surface area contributed by atoms with Gasteiger partial charge in [0.25, 0.3) is 5.91 Å². The summed E-state index contributed by atoms with van der Waals surface area (Å²) in [5.74, 6) is -0.985. The lowest BCUT2D eigenvalue weighted by atomic mass is 9.87. The van der Waals surface area contributed by atoms with E-state index in [0.717, 1.165) is 15.3 Å². The summed E-state index contributed by atoms with van der Waals surface area (Å²) in [5.41, 5.74) is 0.717. The number of amides is 4. The van der Waals surface area contributed by atoms with E-state index in [9.17, 15) is 19.6 Å². The lowest BCUT2D eigenvalue weighted by Gasteiger charge is -2.25. The number of nitriles is 1. The second-order valence-corrected chi connectivity index (χ2v) is 7.82. The number of thiophene rings is 1. The number of nitrogens with zero attached hydrogens (tertiary/aromatic N) is 2. The minimum absolute atomic E-state index is 0.363. The molecule has 0 radical (unpaired) electrons. The summed E-state index contributed by atoms with van der Waals surface area (Å²) in [5, 5.41) is 15.1. The highest BCUT2D eigenvalue weighted by Gasteiger charge is 2.51. The van der Waals surface area contributed by atoms with Crippen molar-refractivity contribution in [2.75, 3.05) is 11.9 Å². The summed E-state index contributed by atoms with van der Waals surface area (Å²) in [7, 11) is 0. The third-order valence-corrected chi connectivity index (χ3v) is 6.15. The number of hydrogen-bond donors (Lipinski definition) is 2. The predicted molar refractivity (Wildman–Crippen MR) is 106 cm³/mol. The van der Waals surface area contributed by atoms with Gasteiger partial charge in [0, 0.05) is 4.88 Å². The molecule has 7 nitrogen and oxygen atoms in total. The molecule has 0 saturated carbocycles. The lowest BCUT2D eigenvalue weighted by Crippen LogP contribution is -2.44. The van der Waals surface area contributed by atoms with Gasteiger partial charge in [-0.05, 0) is 31.4 Å². The molecule has 2 N–H and O–H groups in total. The van der Waals surface area contributed by atoms with Gasteiger partial charge in [0.05, 0.1) is 5.56 Å². The summed E-state index contributed by atoms with van der Waals surface area (Å²) >= 11 is 1.30. The summed E-state index contributed by atoms with van der Waals surface area (Å²) in [6.45, 7) is 5.07. The van der Waals surface area contributed by atoms with Gasteiger partial charge in [-0.3, -0.25) is 14.5 Å². The zero-order valence-electron chi connectivity index (χ0n) is 15.8. The van der Waals surface area contributed by atoms with Crippen LogP contribution in [0, 0.1) is 25.2 Å². The minimum atomic E-state index is -1.17. The fourth-order valence-electron chi connectivity index (χ4n) is 3.29. The van der Waals surface area contributed by atoms with Crippen molar-refractivity contribution in [3.05, 3.63) is 51.9 Å². The number of urea groups is 1. The van der Waals surface area contributed by atoms with Gasteiger partial charge in [0.15, 0.2) is 0 Å². The topological polar surface area (TPSA) is 102 Å². The Balaban J connectivity index is 1.81. The van der Waals surface area contributed by atoms with E-state index in [1.165, 1.54) is 11.3 Å². The minimum Gasteiger partial charge on any atom is -0.319 e. The number of rotatable bonds is 5. The molecular weight excluding hydrogens is 376 g/mol. The molecule has 1 aliphatic heterocycles. The van der Waals surface area contributed by atoms with Crippen molar-refractivity contribution < 1.29 is 14.4 Å². The maximum Gasteiger partial charge on any atom is 0.325 e. The number of anilines is 1. The van der Waals surface area contributed by atoms with Crippen molar-refractivity contribution in [3.63, 3.8) is 0 Å². The molecular formula is C20H20N4O3S. The van der Waals surface area contributed by atoms with E-state index < -0.39 is 29.9 Å². The Kier molecular flexibility index (Phi) is 5.21. The number of hydrogen-bond acceptors (Lipinski definition) is 5. The van der Waals surface area contributed by atoms with Crippen LogP contribution in [-0.4, -0.2) is 29.3 Å². The predicted octanol–water partition coefficient (Wildman–Crippen LogP) is 3.03. The third-order valence-electron chi connectivity index (χ3n) is 5.02. The van der Waals surface area contributed by atoms with Crippen LogP contribution < -0.4 is 10.6 Å². The maximum absolute atomic E-state index is 13.1. The zero-order valence-corrected chi connectivity index (χ0v) is 16.6. The van der Waals surface area contributed by atoms with Crippen LogP contribution in [0.2, 0.25) is 0 Å². The first kappa shape index (κ1) is 19.6. The average Bonchev–Trinajstić information content (AvgIpc) is 3.09. The van der Waals surface area contributed by atoms with E-state index in [1.54, 1.807) is 24.3 Å². The standard InChI is InChI=1S/C20H20N4O3S/c1-4-20(14-8-6-5-7-9-14)18(26)24(19(27)23-20)11-16(25)22-17-15(10-21)12(2)13(3)28-17/h5-9H,4,11H2,1-3H3,(H,22,25)(H,23,27). The SMILES string of the molecule is CCC1(c2ccccc2)NC(=O)N(CC(=O)Nc2sc(C)c(C)c2C#N)C1=O. The molecule has 1 unspecified atom stereocenters. The molecule has 0 bridgehead atoms. The Hall–Kier alpha value is -3.18. The van der Waals surface area contributed by atoms with Gasteiger partial charge in [0.1, 0.15) is 23.2 Å². The molecule has 144 valence electrons.